The predicted molar refractivity (Wildman–Crippen MR) is 78.6 cm³/mol. The van der Waals surface area contributed by atoms with E-state index in [1.165, 1.54) is 11.1 Å². The lowest BCUT2D eigenvalue weighted by molar-refractivity contribution is -0.119. The zero-order chi connectivity index (χ0) is 13.8. The predicted octanol–water partition coefficient (Wildman–Crippen LogP) is 2.75. The number of aryl methyl sites for hydroxylation is 1. The Morgan fingerprint density at radius 1 is 1.42 bits per heavy atom. The van der Waals surface area contributed by atoms with Gasteiger partial charge in [0.2, 0.25) is 5.91 Å². The van der Waals surface area contributed by atoms with Crippen molar-refractivity contribution >= 4 is 17.5 Å². The summed E-state index contributed by atoms with van der Waals surface area (Å²) in [5.41, 5.74) is 3.56. The standard InChI is InChI=1S/C15H21ClN2O/c1-10-7-13(9-18-11(2)19)14(8-15(10)16)12-3-5-17-6-4-12/h7-8,12,17H,3-6,9H2,1-2H3,(H,18,19). The first-order chi connectivity index (χ1) is 9.08. The molecule has 4 heteroatoms. The smallest absolute Gasteiger partial charge is 0.217 e. The number of carbonyl (C=O) groups excluding carboxylic acids is 1. The van der Waals surface area contributed by atoms with Gasteiger partial charge in [0.15, 0.2) is 0 Å². The van der Waals surface area contributed by atoms with Crippen molar-refractivity contribution in [3.8, 4) is 0 Å². The Morgan fingerprint density at radius 2 is 2.11 bits per heavy atom. The molecule has 2 rings (SSSR count). The number of rotatable bonds is 3. The van der Waals surface area contributed by atoms with E-state index in [9.17, 15) is 4.79 Å². The van der Waals surface area contributed by atoms with Crippen LogP contribution in [0.5, 0.6) is 0 Å². The monoisotopic (exact) mass is 280 g/mol. The van der Waals surface area contributed by atoms with Gasteiger partial charge in [0, 0.05) is 18.5 Å². The molecular formula is C15H21ClN2O. The summed E-state index contributed by atoms with van der Waals surface area (Å²) in [5, 5.41) is 7.09. The van der Waals surface area contributed by atoms with Gasteiger partial charge in [-0.2, -0.15) is 0 Å². The van der Waals surface area contributed by atoms with Gasteiger partial charge < -0.3 is 10.6 Å². The molecule has 0 spiro atoms. The van der Waals surface area contributed by atoms with Crippen molar-refractivity contribution in [3.05, 3.63) is 33.8 Å². The number of nitrogens with one attached hydrogen (secondary N) is 2. The molecule has 1 fully saturated rings. The third-order valence-corrected chi connectivity index (χ3v) is 4.13. The first kappa shape index (κ1) is 14.4. The van der Waals surface area contributed by atoms with Crippen molar-refractivity contribution < 1.29 is 4.79 Å². The maximum atomic E-state index is 11.1. The molecule has 1 aromatic carbocycles. The topological polar surface area (TPSA) is 41.1 Å². The lowest BCUT2D eigenvalue weighted by Crippen LogP contribution is -2.28. The van der Waals surface area contributed by atoms with Gasteiger partial charge in [-0.1, -0.05) is 17.7 Å². The minimum Gasteiger partial charge on any atom is -0.352 e. The van der Waals surface area contributed by atoms with E-state index in [1.807, 2.05) is 6.92 Å². The molecule has 1 amide bonds. The number of benzene rings is 1. The summed E-state index contributed by atoms with van der Waals surface area (Å²) < 4.78 is 0. The molecular weight excluding hydrogens is 260 g/mol. The molecule has 0 atom stereocenters. The molecule has 1 heterocycles. The lowest BCUT2D eigenvalue weighted by Gasteiger charge is -2.26. The number of carbonyl (C=O) groups is 1. The van der Waals surface area contributed by atoms with Crippen molar-refractivity contribution in [2.24, 2.45) is 0 Å². The number of hydrogen-bond donors (Lipinski definition) is 2. The Balaban J connectivity index is 2.27. The molecule has 0 aliphatic carbocycles. The van der Waals surface area contributed by atoms with E-state index in [4.69, 9.17) is 11.6 Å². The van der Waals surface area contributed by atoms with Gasteiger partial charge in [0.1, 0.15) is 0 Å². The zero-order valence-electron chi connectivity index (χ0n) is 11.6. The van der Waals surface area contributed by atoms with Gasteiger partial charge >= 0.3 is 0 Å². The van der Waals surface area contributed by atoms with Crippen molar-refractivity contribution in [3.63, 3.8) is 0 Å². The van der Waals surface area contributed by atoms with Gasteiger partial charge in [-0.3, -0.25) is 4.79 Å². The summed E-state index contributed by atoms with van der Waals surface area (Å²) in [6, 6.07) is 4.19. The molecule has 0 aromatic heterocycles. The van der Waals surface area contributed by atoms with Gasteiger partial charge in [-0.25, -0.2) is 0 Å². The first-order valence-corrected chi connectivity index (χ1v) is 7.20. The van der Waals surface area contributed by atoms with Crippen LogP contribution in [0.4, 0.5) is 0 Å². The first-order valence-electron chi connectivity index (χ1n) is 6.82. The molecule has 0 radical (unpaired) electrons. The van der Waals surface area contributed by atoms with E-state index in [0.717, 1.165) is 36.5 Å². The van der Waals surface area contributed by atoms with Gasteiger partial charge in [-0.15, -0.1) is 0 Å². The summed E-state index contributed by atoms with van der Waals surface area (Å²) in [5.74, 6) is 0.548. The van der Waals surface area contributed by atoms with Crippen LogP contribution < -0.4 is 10.6 Å². The second kappa shape index (κ2) is 6.40. The Kier molecular flexibility index (Phi) is 4.83. The van der Waals surface area contributed by atoms with Crippen LogP contribution in [-0.2, 0) is 11.3 Å². The molecule has 0 bridgehead atoms. The summed E-state index contributed by atoms with van der Waals surface area (Å²) in [4.78, 5) is 11.1. The summed E-state index contributed by atoms with van der Waals surface area (Å²) in [6.07, 6.45) is 2.26. The molecule has 0 saturated carbocycles. The van der Waals surface area contributed by atoms with Crippen LogP contribution in [0.25, 0.3) is 0 Å². The van der Waals surface area contributed by atoms with Crippen LogP contribution in [0.1, 0.15) is 42.4 Å². The summed E-state index contributed by atoms with van der Waals surface area (Å²) >= 11 is 6.26. The number of halogens is 1. The molecule has 0 unspecified atom stereocenters. The largest absolute Gasteiger partial charge is 0.352 e. The molecule has 1 saturated heterocycles. The highest BCUT2D eigenvalue weighted by molar-refractivity contribution is 6.31. The van der Waals surface area contributed by atoms with Crippen molar-refractivity contribution in [1.82, 2.24) is 10.6 Å². The Labute approximate surface area is 119 Å². The van der Waals surface area contributed by atoms with Crippen LogP contribution in [0.15, 0.2) is 12.1 Å². The lowest BCUT2D eigenvalue weighted by atomic mass is 9.86. The second-order valence-corrected chi connectivity index (χ2v) is 5.64. The highest BCUT2D eigenvalue weighted by atomic mass is 35.5. The Hall–Kier alpha value is -1.06. The zero-order valence-corrected chi connectivity index (χ0v) is 12.3. The van der Waals surface area contributed by atoms with Crippen LogP contribution >= 0.6 is 11.6 Å². The maximum Gasteiger partial charge on any atom is 0.217 e. The van der Waals surface area contributed by atoms with E-state index in [1.54, 1.807) is 6.92 Å². The fraction of sp³-hybridized carbons (Fsp3) is 0.533. The maximum absolute atomic E-state index is 11.1. The van der Waals surface area contributed by atoms with E-state index in [0.29, 0.717) is 12.5 Å². The normalized spacial score (nSPS) is 16.4. The fourth-order valence-electron chi connectivity index (χ4n) is 2.64. The Morgan fingerprint density at radius 3 is 2.74 bits per heavy atom. The van der Waals surface area contributed by atoms with E-state index < -0.39 is 0 Å². The molecule has 19 heavy (non-hydrogen) atoms. The van der Waals surface area contributed by atoms with E-state index in [-0.39, 0.29) is 5.91 Å². The molecule has 1 aliphatic heterocycles. The molecule has 2 N–H and O–H groups in total. The quantitative estimate of drug-likeness (QED) is 0.894. The third kappa shape index (κ3) is 3.71. The van der Waals surface area contributed by atoms with Crippen LogP contribution in [-0.4, -0.2) is 19.0 Å². The number of hydrogen-bond acceptors (Lipinski definition) is 2. The van der Waals surface area contributed by atoms with E-state index in [2.05, 4.69) is 22.8 Å². The summed E-state index contributed by atoms with van der Waals surface area (Å²) in [6.45, 7) is 6.25. The highest BCUT2D eigenvalue weighted by Gasteiger charge is 2.19. The molecule has 104 valence electrons. The van der Waals surface area contributed by atoms with Crippen molar-refractivity contribution in [2.45, 2.75) is 39.2 Å². The minimum absolute atomic E-state index is 0.00358. The van der Waals surface area contributed by atoms with Gasteiger partial charge in [0.05, 0.1) is 0 Å². The number of amides is 1. The molecule has 1 aromatic rings. The SMILES string of the molecule is CC(=O)NCc1cc(C)c(Cl)cc1C1CCNCC1. The van der Waals surface area contributed by atoms with Crippen LogP contribution in [0.2, 0.25) is 5.02 Å². The minimum atomic E-state index is 0.00358. The highest BCUT2D eigenvalue weighted by Crippen LogP contribution is 2.32. The Bertz CT molecular complexity index is 467. The third-order valence-electron chi connectivity index (χ3n) is 3.73. The molecule has 1 aliphatic rings. The summed E-state index contributed by atoms with van der Waals surface area (Å²) in [7, 11) is 0. The average molecular weight is 281 g/mol. The average Bonchev–Trinajstić information content (AvgIpc) is 2.40. The molecule has 3 nitrogen and oxygen atoms in total. The van der Waals surface area contributed by atoms with Gasteiger partial charge in [0.25, 0.3) is 0 Å². The second-order valence-electron chi connectivity index (χ2n) is 5.23. The van der Waals surface area contributed by atoms with Crippen LogP contribution in [0.3, 0.4) is 0 Å². The van der Waals surface area contributed by atoms with Crippen molar-refractivity contribution in [2.75, 3.05) is 13.1 Å². The van der Waals surface area contributed by atoms with Crippen molar-refractivity contribution in [1.29, 1.82) is 0 Å². The van der Waals surface area contributed by atoms with Crippen LogP contribution in [0, 0.1) is 6.92 Å². The number of piperidine rings is 1. The van der Waals surface area contributed by atoms with Gasteiger partial charge in [-0.05, 0) is 61.5 Å². The fourth-order valence-corrected chi connectivity index (χ4v) is 2.81. The van der Waals surface area contributed by atoms with E-state index >= 15 is 0 Å².